The summed E-state index contributed by atoms with van der Waals surface area (Å²) < 4.78 is 16.5. The summed E-state index contributed by atoms with van der Waals surface area (Å²) in [4.78, 5) is 28.2. The fraction of sp³-hybridized carbons (Fsp3) is 0.269. The first-order valence-electron chi connectivity index (χ1n) is 11.2. The number of carbonyl (C=O) groups excluding carboxylic acids is 1. The molecule has 2 aromatic carbocycles. The second-order valence-electron chi connectivity index (χ2n) is 8.99. The Morgan fingerprint density at radius 1 is 1.17 bits per heavy atom. The molecule has 0 radical (unpaired) electrons. The number of amides is 1. The zero-order valence-electron chi connectivity index (χ0n) is 19.9. The van der Waals surface area contributed by atoms with E-state index in [-0.39, 0.29) is 15.7 Å². The first-order chi connectivity index (χ1) is 17.1. The van der Waals surface area contributed by atoms with Crippen molar-refractivity contribution in [1.29, 1.82) is 0 Å². The van der Waals surface area contributed by atoms with Gasteiger partial charge in [-0.05, 0) is 42.5 Å². The maximum atomic E-state index is 12.7. The van der Waals surface area contributed by atoms with Crippen LogP contribution in [-0.4, -0.2) is 33.5 Å². The largest absolute Gasteiger partial charge is 0.506 e. The predicted molar refractivity (Wildman–Crippen MR) is 138 cm³/mol. The first-order valence-corrected chi connectivity index (χ1v) is 12.4. The number of rotatable bonds is 6. The van der Waals surface area contributed by atoms with Gasteiger partial charge in [0.05, 0.1) is 16.7 Å². The van der Waals surface area contributed by atoms with Crippen molar-refractivity contribution in [3.63, 3.8) is 0 Å². The average molecular weight is 529 g/mol. The molecule has 4 rings (SSSR count). The third-order valence-electron chi connectivity index (χ3n) is 5.01. The molecule has 1 aliphatic heterocycles. The number of thioether (sulfide) groups is 1. The van der Waals surface area contributed by atoms with Crippen LogP contribution in [0, 0.1) is 0 Å². The fourth-order valence-corrected chi connectivity index (χ4v) is 4.65. The summed E-state index contributed by atoms with van der Waals surface area (Å²) >= 11 is 8.00. The molecule has 1 atom stereocenters. The normalized spacial score (nSPS) is 14.8. The molecule has 1 aliphatic rings. The van der Waals surface area contributed by atoms with Crippen molar-refractivity contribution in [2.24, 2.45) is 0 Å². The minimum atomic E-state index is -1.36. The maximum Gasteiger partial charge on any atom is 0.506 e. The lowest BCUT2D eigenvalue weighted by Gasteiger charge is -2.25. The highest BCUT2D eigenvalue weighted by Crippen LogP contribution is 2.42. The zero-order chi connectivity index (χ0) is 25.9. The molecular weight excluding hydrogens is 504 g/mol. The van der Waals surface area contributed by atoms with Crippen LogP contribution in [-0.2, 0) is 4.74 Å². The van der Waals surface area contributed by atoms with Crippen molar-refractivity contribution in [2.45, 2.75) is 43.1 Å². The van der Waals surface area contributed by atoms with Crippen LogP contribution in [0.3, 0.4) is 0 Å². The molecule has 2 heterocycles. The number of hydrogen-bond acceptors (Lipinski definition) is 7. The van der Waals surface area contributed by atoms with Crippen LogP contribution in [0.5, 0.6) is 17.2 Å². The number of nitrogens with zero attached hydrogens (tertiary/aromatic N) is 1. The molecule has 0 aliphatic carbocycles. The number of fused-ring (bicyclic) bond motifs is 1. The van der Waals surface area contributed by atoms with Crippen molar-refractivity contribution >= 4 is 41.2 Å². The Morgan fingerprint density at radius 3 is 2.61 bits per heavy atom. The second kappa shape index (κ2) is 10.7. The van der Waals surface area contributed by atoms with E-state index in [2.05, 4.69) is 31.1 Å². The SMILES string of the molecule is CC(C)(C)Sc1cccc(NC(=O)c2ccc(Oc3cc4c(cc3Cl)C(OC(=O)O)CCO4)cc2)n1. The van der Waals surface area contributed by atoms with Crippen LogP contribution in [0.1, 0.15) is 49.2 Å². The molecule has 0 spiro atoms. The van der Waals surface area contributed by atoms with Crippen molar-refractivity contribution in [2.75, 3.05) is 11.9 Å². The number of pyridine rings is 1. The molecular formula is C26H25ClN2O6S. The standard InChI is InChI=1S/C26H25ClN2O6S/c1-26(2,3)36-23-6-4-5-22(28-23)29-24(30)15-7-9-16(10-8-15)34-21-14-20-17(13-18(21)27)19(11-12-33-20)35-25(31)32/h4-10,13-14,19H,11-12H2,1-3H3,(H,31,32)(H,28,29,30). The van der Waals surface area contributed by atoms with E-state index in [1.54, 1.807) is 54.2 Å². The minimum Gasteiger partial charge on any atom is -0.493 e. The quantitative estimate of drug-likeness (QED) is 0.256. The van der Waals surface area contributed by atoms with E-state index >= 15 is 0 Å². The number of hydrogen-bond donors (Lipinski definition) is 2. The molecule has 2 N–H and O–H groups in total. The number of benzene rings is 2. The molecule has 188 valence electrons. The summed E-state index contributed by atoms with van der Waals surface area (Å²) in [6.45, 7) is 6.61. The van der Waals surface area contributed by atoms with Gasteiger partial charge in [0.15, 0.2) is 0 Å². The summed E-state index contributed by atoms with van der Waals surface area (Å²) in [5.74, 6) is 1.42. The number of aromatic nitrogens is 1. The van der Waals surface area contributed by atoms with Crippen LogP contribution in [0.25, 0.3) is 0 Å². The van der Waals surface area contributed by atoms with Gasteiger partial charge in [-0.25, -0.2) is 9.78 Å². The molecule has 0 saturated heterocycles. The number of anilines is 1. The monoisotopic (exact) mass is 528 g/mol. The highest BCUT2D eigenvalue weighted by molar-refractivity contribution is 8.00. The highest BCUT2D eigenvalue weighted by Gasteiger charge is 2.27. The third-order valence-corrected chi connectivity index (χ3v) is 6.36. The molecule has 36 heavy (non-hydrogen) atoms. The molecule has 3 aromatic rings. The maximum absolute atomic E-state index is 12.7. The molecule has 0 bridgehead atoms. The number of carbonyl (C=O) groups is 2. The zero-order valence-corrected chi connectivity index (χ0v) is 21.5. The smallest absolute Gasteiger partial charge is 0.493 e. The topological polar surface area (TPSA) is 107 Å². The Kier molecular flexibility index (Phi) is 7.61. The molecule has 1 aromatic heterocycles. The van der Waals surface area contributed by atoms with E-state index in [9.17, 15) is 9.59 Å². The van der Waals surface area contributed by atoms with Gasteiger partial charge in [-0.15, -0.1) is 11.8 Å². The second-order valence-corrected chi connectivity index (χ2v) is 11.2. The van der Waals surface area contributed by atoms with Gasteiger partial charge in [-0.3, -0.25) is 4.79 Å². The van der Waals surface area contributed by atoms with Gasteiger partial charge in [0.2, 0.25) is 0 Å². The Labute approximate surface area is 217 Å². The number of carboxylic acid groups (broad SMARTS) is 1. The first kappa shape index (κ1) is 25.7. The van der Waals surface area contributed by atoms with Gasteiger partial charge in [0, 0.05) is 28.4 Å². The van der Waals surface area contributed by atoms with Gasteiger partial charge in [-0.2, -0.15) is 0 Å². The molecule has 1 amide bonds. The Morgan fingerprint density at radius 2 is 1.92 bits per heavy atom. The average Bonchev–Trinajstić information content (AvgIpc) is 2.79. The molecule has 1 unspecified atom stereocenters. The van der Waals surface area contributed by atoms with Crippen LogP contribution in [0.4, 0.5) is 10.6 Å². The predicted octanol–water partition coefficient (Wildman–Crippen LogP) is 7.19. The molecule has 8 nitrogen and oxygen atoms in total. The van der Waals surface area contributed by atoms with E-state index in [1.165, 1.54) is 0 Å². The van der Waals surface area contributed by atoms with Crippen molar-refractivity contribution < 1.29 is 28.9 Å². The summed E-state index contributed by atoms with van der Waals surface area (Å²) in [5.41, 5.74) is 0.984. The van der Waals surface area contributed by atoms with Gasteiger partial charge in [0.1, 0.15) is 29.2 Å². The Hall–Kier alpha value is -3.43. The highest BCUT2D eigenvalue weighted by atomic mass is 35.5. The lowest BCUT2D eigenvalue weighted by atomic mass is 10.0. The van der Waals surface area contributed by atoms with Gasteiger partial charge < -0.3 is 24.6 Å². The summed E-state index contributed by atoms with van der Waals surface area (Å²) in [5, 5.41) is 12.9. The summed E-state index contributed by atoms with van der Waals surface area (Å²) in [7, 11) is 0. The lowest BCUT2D eigenvalue weighted by Crippen LogP contribution is -2.18. The van der Waals surface area contributed by atoms with Gasteiger partial charge >= 0.3 is 6.16 Å². The van der Waals surface area contributed by atoms with Crippen LogP contribution < -0.4 is 14.8 Å². The van der Waals surface area contributed by atoms with Gasteiger partial charge in [0.25, 0.3) is 5.91 Å². The lowest BCUT2D eigenvalue weighted by molar-refractivity contribution is 0.0326. The van der Waals surface area contributed by atoms with Crippen molar-refractivity contribution in [1.82, 2.24) is 4.98 Å². The van der Waals surface area contributed by atoms with Crippen LogP contribution in [0.15, 0.2) is 59.6 Å². The number of nitrogens with one attached hydrogen (secondary N) is 1. The summed E-state index contributed by atoms with van der Waals surface area (Å²) in [6.07, 6.45) is -1.62. The van der Waals surface area contributed by atoms with Crippen molar-refractivity contribution in [3.05, 3.63) is 70.7 Å². The molecule has 0 fully saturated rings. The number of halogens is 1. The van der Waals surface area contributed by atoms with E-state index < -0.39 is 12.3 Å². The summed E-state index contributed by atoms with van der Waals surface area (Å²) in [6, 6.07) is 15.3. The van der Waals surface area contributed by atoms with E-state index in [0.717, 1.165) is 5.03 Å². The van der Waals surface area contributed by atoms with Crippen LogP contribution in [0.2, 0.25) is 5.02 Å². The Bertz CT molecular complexity index is 1280. The van der Waals surface area contributed by atoms with E-state index in [0.29, 0.717) is 47.2 Å². The van der Waals surface area contributed by atoms with E-state index in [1.807, 2.05) is 12.1 Å². The fourth-order valence-electron chi connectivity index (χ4n) is 3.53. The molecule has 10 heteroatoms. The van der Waals surface area contributed by atoms with Crippen LogP contribution >= 0.6 is 23.4 Å². The minimum absolute atomic E-state index is 0.00644. The van der Waals surface area contributed by atoms with Crippen molar-refractivity contribution in [3.8, 4) is 17.2 Å². The molecule has 0 saturated carbocycles. The Balaban J connectivity index is 1.44. The van der Waals surface area contributed by atoms with Gasteiger partial charge in [-0.1, -0.05) is 38.4 Å². The third kappa shape index (κ3) is 6.61. The van der Waals surface area contributed by atoms with E-state index in [4.69, 9.17) is 30.9 Å². The number of ether oxygens (including phenoxy) is 3.